The summed E-state index contributed by atoms with van der Waals surface area (Å²) in [7, 11) is -3.23. The van der Waals surface area contributed by atoms with Crippen LogP contribution in [-0.4, -0.2) is 39.6 Å². The Balaban J connectivity index is 2.21. The Kier molecular flexibility index (Phi) is 8.81. The molecule has 1 rings (SSSR count). The zero-order chi connectivity index (χ0) is 16.3. The SMILES string of the molecule is CS(=O)(=O)Nc1ccc(C=CCOCCCCCCO)cc1. The van der Waals surface area contributed by atoms with E-state index in [2.05, 4.69) is 4.72 Å². The van der Waals surface area contributed by atoms with Crippen molar-refractivity contribution in [2.75, 3.05) is 30.8 Å². The standard InChI is InChI=1S/C16H25NO4S/c1-22(19,20)17-16-10-8-15(9-11-16)7-6-14-21-13-5-3-2-4-12-18/h6-11,17-18H,2-5,12-14H2,1H3. The van der Waals surface area contributed by atoms with Gasteiger partial charge in [-0.2, -0.15) is 0 Å². The number of ether oxygens (including phenoxy) is 1. The highest BCUT2D eigenvalue weighted by Gasteiger charge is 2.00. The quantitative estimate of drug-likeness (QED) is 0.613. The smallest absolute Gasteiger partial charge is 0.229 e. The van der Waals surface area contributed by atoms with E-state index in [4.69, 9.17) is 9.84 Å². The summed E-state index contributed by atoms with van der Waals surface area (Å²) in [4.78, 5) is 0. The van der Waals surface area contributed by atoms with Crippen LogP contribution in [0.2, 0.25) is 0 Å². The fourth-order valence-corrected chi connectivity index (χ4v) is 2.45. The van der Waals surface area contributed by atoms with E-state index < -0.39 is 10.0 Å². The summed E-state index contributed by atoms with van der Waals surface area (Å²) in [5.74, 6) is 0. The minimum absolute atomic E-state index is 0.266. The maximum Gasteiger partial charge on any atom is 0.229 e. The lowest BCUT2D eigenvalue weighted by atomic mass is 10.2. The summed E-state index contributed by atoms with van der Waals surface area (Å²) >= 11 is 0. The summed E-state index contributed by atoms with van der Waals surface area (Å²) in [6, 6.07) is 7.14. The normalized spacial score (nSPS) is 11.9. The highest BCUT2D eigenvalue weighted by Crippen LogP contribution is 2.11. The van der Waals surface area contributed by atoms with Gasteiger partial charge in [-0.15, -0.1) is 0 Å². The molecule has 0 fully saturated rings. The number of hydrogen-bond acceptors (Lipinski definition) is 4. The van der Waals surface area contributed by atoms with E-state index in [0.717, 1.165) is 44.1 Å². The number of unbranched alkanes of at least 4 members (excludes halogenated alkanes) is 3. The Morgan fingerprint density at radius 3 is 2.45 bits per heavy atom. The molecule has 0 aliphatic carbocycles. The molecular formula is C16H25NO4S. The molecule has 0 atom stereocenters. The minimum atomic E-state index is -3.23. The topological polar surface area (TPSA) is 75.6 Å². The third-order valence-corrected chi connectivity index (χ3v) is 3.54. The molecule has 0 unspecified atom stereocenters. The lowest BCUT2D eigenvalue weighted by Crippen LogP contribution is -2.09. The lowest BCUT2D eigenvalue weighted by Gasteiger charge is -2.03. The molecule has 0 radical (unpaired) electrons. The number of aliphatic hydroxyl groups is 1. The second-order valence-corrected chi connectivity index (χ2v) is 6.86. The summed E-state index contributed by atoms with van der Waals surface area (Å²) in [5, 5.41) is 8.65. The van der Waals surface area contributed by atoms with Crippen LogP contribution in [0.5, 0.6) is 0 Å². The van der Waals surface area contributed by atoms with Crippen LogP contribution < -0.4 is 4.72 Å². The minimum Gasteiger partial charge on any atom is -0.396 e. The van der Waals surface area contributed by atoms with Crippen molar-refractivity contribution < 1.29 is 18.3 Å². The second kappa shape index (κ2) is 10.4. The molecule has 124 valence electrons. The third kappa shape index (κ3) is 9.55. The maximum atomic E-state index is 11.1. The molecule has 22 heavy (non-hydrogen) atoms. The molecule has 0 aliphatic rings. The molecule has 1 aromatic carbocycles. The monoisotopic (exact) mass is 327 g/mol. The van der Waals surface area contributed by atoms with E-state index in [9.17, 15) is 8.42 Å². The van der Waals surface area contributed by atoms with Crippen molar-refractivity contribution in [3.63, 3.8) is 0 Å². The lowest BCUT2D eigenvalue weighted by molar-refractivity contribution is 0.156. The first-order valence-electron chi connectivity index (χ1n) is 7.44. The van der Waals surface area contributed by atoms with Gasteiger partial charge in [0.25, 0.3) is 0 Å². The molecule has 0 aromatic heterocycles. The molecule has 0 aliphatic heterocycles. The summed E-state index contributed by atoms with van der Waals surface area (Å²) < 4.78 is 30.1. The Labute approximate surface area is 133 Å². The number of rotatable bonds is 11. The molecule has 0 saturated heterocycles. The predicted octanol–water partition coefficient (Wildman–Crippen LogP) is 2.64. The van der Waals surface area contributed by atoms with Crippen LogP contribution in [0.1, 0.15) is 31.2 Å². The van der Waals surface area contributed by atoms with Gasteiger partial charge in [0.2, 0.25) is 10.0 Å². The summed E-state index contributed by atoms with van der Waals surface area (Å²) in [5.41, 5.74) is 1.55. The van der Waals surface area contributed by atoms with E-state index in [1.165, 1.54) is 0 Å². The van der Waals surface area contributed by atoms with Crippen molar-refractivity contribution >= 4 is 21.8 Å². The zero-order valence-electron chi connectivity index (χ0n) is 13.0. The number of nitrogens with one attached hydrogen (secondary N) is 1. The molecular weight excluding hydrogens is 302 g/mol. The molecule has 1 aromatic rings. The van der Waals surface area contributed by atoms with Crippen molar-refractivity contribution in [2.24, 2.45) is 0 Å². The van der Waals surface area contributed by atoms with Gasteiger partial charge in [0.05, 0.1) is 12.9 Å². The van der Waals surface area contributed by atoms with Crippen molar-refractivity contribution in [1.29, 1.82) is 0 Å². The fraction of sp³-hybridized carbons (Fsp3) is 0.500. The molecule has 0 heterocycles. The van der Waals surface area contributed by atoms with Crippen molar-refractivity contribution in [2.45, 2.75) is 25.7 Å². The van der Waals surface area contributed by atoms with Gasteiger partial charge < -0.3 is 9.84 Å². The van der Waals surface area contributed by atoms with Gasteiger partial charge in [-0.05, 0) is 30.5 Å². The van der Waals surface area contributed by atoms with E-state index >= 15 is 0 Å². The van der Waals surface area contributed by atoms with Gasteiger partial charge >= 0.3 is 0 Å². The van der Waals surface area contributed by atoms with E-state index in [1.807, 2.05) is 24.3 Å². The predicted molar refractivity (Wildman–Crippen MR) is 90.3 cm³/mol. The van der Waals surface area contributed by atoms with Crippen LogP contribution in [-0.2, 0) is 14.8 Å². The maximum absolute atomic E-state index is 11.1. The average molecular weight is 327 g/mol. The first-order chi connectivity index (χ1) is 10.5. The van der Waals surface area contributed by atoms with E-state index in [0.29, 0.717) is 12.3 Å². The number of aliphatic hydroxyl groups excluding tert-OH is 1. The number of anilines is 1. The van der Waals surface area contributed by atoms with Gasteiger partial charge in [-0.25, -0.2) is 8.42 Å². The molecule has 0 bridgehead atoms. The number of sulfonamides is 1. The van der Waals surface area contributed by atoms with Crippen LogP contribution >= 0.6 is 0 Å². The Hall–Kier alpha value is -1.37. The zero-order valence-corrected chi connectivity index (χ0v) is 13.8. The van der Waals surface area contributed by atoms with Gasteiger partial charge in [-0.3, -0.25) is 4.72 Å². The highest BCUT2D eigenvalue weighted by atomic mass is 32.2. The Morgan fingerprint density at radius 1 is 1.14 bits per heavy atom. The molecule has 0 amide bonds. The highest BCUT2D eigenvalue weighted by molar-refractivity contribution is 7.92. The summed E-state index contributed by atoms with van der Waals surface area (Å²) in [6.07, 6.45) is 9.01. The average Bonchev–Trinajstić information content (AvgIpc) is 2.46. The molecule has 5 nitrogen and oxygen atoms in total. The first-order valence-corrected chi connectivity index (χ1v) is 9.33. The van der Waals surface area contributed by atoms with Crippen molar-refractivity contribution in [1.82, 2.24) is 0 Å². The van der Waals surface area contributed by atoms with E-state index in [1.54, 1.807) is 12.1 Å². The van der Waals surface area contributed by atoms with Crippen molar-refractivity contribution in [3.05, 3.63) is 35.9 Å². The molecule has 0 saturated carbocycles. The second-order valence-electron chi connectivity index (χ2n) is 5.11. The first kappa shape index (κ1) is 18.7. The van der Waals surface area contributed by atoms with Gasteiger partial charge in [0.15, 0.2) is 0 Å². The molecule has 0 spiro atoms. The van der Waals surface area contributed by atoms with Crippen molar-refractivity contribution in [3.8, 4) is 0 Å². The molecule has 2 N–H and O–H groups in total. The Morgan fingerprint density at radius 2 is 1.82 bits per heavy atom. The van der Waals surface area contributed by atoms with Crippen LogP contribution in [0.3, 0.4) is 0 Å². The van der Waals surface area contributed by atoms with Crippen LogP contribution in [0.4, 0.5) is 5.69 Å². The van der Waals surface area contributed by atoms with Crippen LogP contribution in [0.15, 0.2) is 30.3 Å². The number of benzene rings is 1. The third-order valence-electron chi connectivity index (χ3n) is 2.94. The summed E-state index contributed by atoms with van der Waals surface area (Å²) in [6.45, 7) is 1.55. The van der Waals surface area contributed by atoms with Crippen LogP contribution in [0.25, 0.3) is 6.08 Å². The van der Waals surface area contributed by atoms with Gasteiger partial charge in [-0.1, -0.05) is 37.1 Å². The largest absolute Gasteiger partial charge is 0.396 e. The molecule has 6 heteroatoms. The van der Waals surface area contributed by atoms with Gasteiger partial charge in [0, 0.05) is 18.9 Å². The van der Waals surface area contributed by atoms with Crippen LogP contribution in [0, 0.1) is 0 Å². The van der Waals surface area contributed by atoms with Gasteiger partial charge in [0.1, 0.15) is 0 Å². The van der Waals surface area contributed by atoms with E-state index in [-0.39, 0.29) is 6.61 Å². The fourth-order valence-electron chi connectivity index (χ4n) is 1.88. The Bertz CT molecular complexity index is 538. The number of hydrogen-bond donors (Lipinski definition) is 2.